The quantitative estimate of drug-likeness (QED) is 0.726. The van der Waals surface area contributed by atoms with Crippen LogP contribution in [0.15, 0.2) is 0 Å². The lowest BCUT2D eigenvalue weighted by atomic mass is 10.0. The average molecular weight is 213 g/mol. The van der Waals surface area contributed by atoms with Crippen molar-refractivity contribution in [2.45, 2.75) is 38.1 Å². The molecule has 0 aromatic rings. The molecule has 3 heteroatoms. The zero-order valence-corrected chi connectivity index (χ0v) is 9.76. The zero-order valence-electron chi connectivity index (χ0n) is 9.76. The Balaban J connectivity index is 1.63. The van der Waals surface area contributed by atoms with Crippen molar-refractivity contribution in [3.8, 4) is 0 Å². The Kier molecular flexibility index (Phi) is 4.00. The van der Waals surface area contributed by atoms with Crippen LogP contribution in [-0.2, 0) is 9.47 Å². The van der Waals surface area contributed by atoms with Crippen LogP contribution in [0.2, 0.25) is 0 Å². The Hall–Kier alpha value is -0.120. The summed E-state index contributed by atoms with van der Waals surface area (Å²) >= 11 is 0. The first-order valence-electron chi connectivity index (χ1n) is 6.15. The normalized spacial score (nSPS) is 25.4. The summed E-state index contributed by atoms with van der Waals surface area (Å²) < 4.78 is 10.5. The van der Waals surface area contributed by atoms with E-state index in [4.69, 9.17) is 9.47 Å². The summed E-state index contributed by atoms with van der Waals surface area (Å²) in [6, 6.07) is 0.693. The topological polar surface area (TPSA) is 30.5 Å². The maximum Gasteiger partial charge on any atom is 0.0480 e. The van der Waals surface area contributed by atoms with Crippen molar-refractivity contribution >= 4 is 0 Å². The van der Waals surface area contributed by atoms with Gasteiger partial charge in [-0.2, -0.15) is 0 Å². The second-order valence-corrected chi connectivity index (χ2v) is 5.01. The van der Waals surface area contributed by atoms with Gasteiger partial charge in [-0.15, -0.1) is 0 Å². The van der Waals surface area contributed by atoms with Gasteiger partial charge in [0.1, 0.15) is 0 Å². The SMILES string of the molecule is COCCC1(CNC2CCOCC2)CC1. The van der Waals surface area contributed by atoms with E-state index >= 15 is 0 Å². The van der Waals surface area contributed by atoms with E-state index in [0.717, 1.165) is 19.8 Å². The summed E-state index contributed by atoms with van der Waals surface area (Å²) in [4.78, 5) is 0. The number of methoxy groups -OCH3 is 1. The van der Waals surface area contributed by atoms with E-state index in [-0.39, 0.29) is 0 Å². The highest BCUT2D eigenvalue weighted by Gasteiger charge is 2.41. The molecule has 0 aromatic carbocycles. The van der Waals surface area contributed by atoms with E-state index in [1.54, 1.807) is 7.11 Å². The highest BCUT2D eigenvalue weighted by molar-refractivity contribution is 4.95. The van der Waals surface area contributed by atoms with Crippen molar-refractivity contribution in [2.75, 3.05) is 33.5 Å². The fourth-order valence-electron chi connectivity index (χ4n) is 2.27. The first kappa shape index (κ1) is 11.4. The lowest BCUT2D eigenvalue weighted by Gasteiger charge is -2.25. The Morgan fingerprint density at radius 1 is 1.33 bits per heavy atom. The van der Waals surface area contributed by atoms with Crippen molar-refractivity contribution in [2.24, 2.45) is 5.41 Å². The van der Waals surface area contributed by atoms with Crippen LogP contribution < -0.4 is 5.32 Å². The third-order valence-corrected chi connectivity index (χ3v) is 3.78. The first-order chi connectivity index (χ1) is 7.35. The number of hydrogen-bond donors (Lipinski definition) is 1. The summed E-state index contributed by atoms with van der Waals surface area (Å²) in [7, 11) is 1.79. The van der Waals surface area contributed by atoms with Crippen molar-refractivity contribution in [3.05, 3.63) is 0 Å². The molecule has 2 fully saturated rings. The molecule has 0 spiro atoms. The minimum Gasteiger partial charge on any atom is -0.385 e. The van der Waals surface area contributed by atoms with Gasteiger partial charge in [-0.3, -0.25) is 0 Å². The molecule has 3 nitrogen and oxygen atoms in total. The molecule has 15 heavy (non-hydrogen) atoms. The Morgan fingerprint density at radius 2 is 2.07 bits per heavy atom. The maximum absolute atomic E-state index is 5.35. The number of ether oxygens (including phenoxy) is 2. The molecule has 1 N–H and O–H groups in total. The molecule has 0 bridgehead atoms. The zero-order chi connectivity index (χ0) is 10.6. The molecule has 1 aliphatic carbocycles. The Bertz CT molecular complexity index is 186. The molecule has 0 amide bonds. The van der Waals surface area contributed by atoms with Crippen molar-refractivity contribution in [1.82, 2.24) is 5.32 Å². The fraction of sp³-hybridized carbons (Fsp3) is 1.00. The van der Waals surface area contributed by atoms with Crippen LogP contribution in [0.25, 0.3) is 0 Å². The molecule has 0 unspecified atom stereocenters. The minimum absolute atomic E-state index is 0.578. The summed E-state index contributed by atoms with van der Waals surface area (Å²) in [5.41, 5.74) is 0.578. The molecule has 0 aromatic heterocycles. The molecule has 1 saturated heterocycles. The van der Waals surface area contributed by atoms with Gasteiger partial charge >= 0.3 is 0 Å². The van der Waals surface area contributed by atoms with Crippen LogP contribution in [0, 0.1) is 5.41 Å². The molecule has 0 atom stereocenters. The second kappa shape index (κ2) is 5.28. The summed E-state index contributed by atoms with van der Waals surface area (Å²) in [6.07, 6.45) is 6.35. The average Bonchev–Trinajstić information content (AvgIpc) is 3.06. The highest BCUT2D eigenvalue weighted by atomic mass is 16.5. The van der Waals surface area contributed by atoms with E-state index in [0.29, 0.717) is 11.5 Å². The van der Waals surface area contributed by atoms with Crippen LogP contribution >= 0.6 is 0 Å². The van der Waals surface area contributed by atoms with Crippen LogP contribution in [0.5, 0.6) is 0 Å². The smallest absolute Gasteiger partial charge is 0.0480 e. The molecule has 2 aliphatic rings. The molecule has 2 rings (SSSR count). The summed E-state index contributed by atoms with van der Waals surface area (Å²) in [5, 5.41) is 3.70. The Labute approximate surface area is 92.5 Å². The van der Waals surface area contributed by atoms with E-state index in [2.05, 4.69) is 5.32 Å². The molecule has 1 saturated carbocycles. The van der Waals surface area contributed by atoms with Gasteiger partial charge in [0.15, 0.2) is 0 Å². The van der Waals surface area contributed by atoms with Crippen LogP contribution in [-0.4, -0.2) is 39.5 Å². The number of nitrogens with one attached hydrogen (secondary N) is 1. The lowest BCUT2D eigenvalue weighted by Crippen LogP contribution is -2.38. The van der Waals surface area contributed by atoms with Gasteiger partial charge in [0.05, 0.1) is 0 Å². The molecule has 88 valence electrons. The molecule has 1 heterocycles. The van der Waals surface area contributed by atoms with Crippen LogP contribution in [0.3, 0.4) is 0 Å². The van der Waals surface area contributed by atoms with Gasteiger partial charge in [0, 0.05) is 39.5 Å². The second-order valence-electron chi connectivity index (χ2n) is 5.01. The van der Waals surface area contributed by atoms with Crippen LogP contribution in [0.4, 0.5) is 0 Å². The van der Waals surface area contributed by atoms with Crippen molar-refractivity contribution in [3.63, 3.8) is 0 Å². The van der Waals surface area contributed by atoms with Crippen LogP contribution in [0.1, 0.15) is 32.1 Å². The first-order valence-corrected chi connectivity index (χ1v) is 6.15. The molecular weight excluding hydrogens is 190 g/mol. The van der Waals surface area contributed by atoms with Gasteiger partial charge in [-0.1, -0.05) is 0 Å². The standard InChI is InChI=1S/C12H23NO2/c1-14-9-6-12(4-5-12)10-13-11-2-7-15-8-3-11/h11,13H,2-10H2,1H3. The van der Waals surface area contributed by atoms with E-state index in [9.17, 15) is 0 Å². The fourth-order valence-corrected chi connectivity index (χ4v) is 2.27. The van der Waals surface area contributed by atoms with Gasteiger partial charge in [0.25, 0.3) is 0 Å². The summed E-state index contributed by atoms with van der Waals surface area (Å²) in [6.45, 7) is 3.96. The predicted molar refractivity (Wildman–Crippen MR) is 60.0 cm³/mol. The number of rotatable bonds is 6. The Morgan fingerprint density at radius 3 is 2.67 bits per heavy atom. The molecule has 1 aliphatic heterocycles. The third-order valence-electron chi connectivity index (χ3n) is 3.78. The van der Waals surface area contributed by atoms with E-state index < -0.39 is 0 Å². The van der Waals surface area contributed by atoms with Crippen molar-refractivity contribution < 1.29 is 9.47 Å². The maximum atomic E-state index is 5.35. The minimum atomic E-state index is 0.578. The van der Waals surface area contributed by atoms with Gasteiger partial charge in [0.2, 0.25) is 0 Å². The van der Waals surface area contributed by atoms with Crippen molar-refractivity contribution in [1.29, 1.82) is 0 Å². The summed E-state index contributed by atoms with van der Waals surface area (Å²) in [5.74, 6) is 0. The van der Waals surface area contributed by atoms with E-state index in [1.807, 2.05) is 0 Å². The number of hydrogen-bond acceptors (Lipinski definition) is 3. The third kappa shape index (κ3) is 3.44. The predicted octanol–water partition coefficient (Wildman–Crippen LogP) is 1.57. The molecular formula is C12H23NO2. The molecule has 0 radical (unpaired) electrons. The van der Waals surface area contributed by atoms with E-state index in [1.165, 1.54) is 38.6 Å². The van der Waals surface area contributed by atoms with Gasteiger partial charge in [-0.05, 0) is 37.5 Å². The highest BCUT2D eigenvalue weighted by Crippen LogP contribution is 2.48. The van der Waals surface area contributed by atoms with Gasteiger partial charge in [-0.25, -0.2) is 0 Å². The monoisotopic (exact) mass is 213 g/mol. The largest absolute Gasteiger partial charge is 0.385 e. The lowest BCUT2D eigenvalue weighted by molar-refractivity contribution is 0.0756. The van der Waals surface area contributed by atoms with Gasteiger partial charge < -0.3 is 14.8 Å².